The van der Waals surface area contributed by atoms with E-state index in [1.807, 2.05) is 6.20 Å². The molecule has 0 bridgehead atoms. The molecule has 1 aliphatic carbocycles. The summed E-state index contributed by atoms with van der Waals surface area (Å²) in [7, 11) is -2.44. The van der Waals surface area contributed by atoms with E-state index < -0.39 is 8.32 Å². The predicted octanol–water partition coefficient (Wildman–Crippen LogP) is 5.75. The SMILES string of the molecule is CC(C)(C)[Si](O[C@H]1CC[C@H](c2nccs2)CC1)(c1ccccc1)c1ccccc1. The Morgan fingerprint density at radius 2 is 1.41 bits per heavy atom. The Bertz CT molecular complexity index is 842. The Hall–Kier alpha value is -1.75. The minimum absolute atomic E-state index is 0.0435. The van der Waals surface area contributed by atoms with Gasteiger partial charge in [-0.15, -0.1) is 11.3 Å². The molecule has 4 heteroatoms. The van der Waals surface area contributed by atoms with Crippen molar-refractivity contribution < 1.29 is 4.43 Å². The lowest BCUT2D eigenvalue weighted by Crippen LogP contribution is -2.67. The molecule has 152 valence electrons. The van der Waals surface area contributed by atoms with E-state index in [2.05, 4.69) is 91.8 Å². The summed E-state index contributed by atoms with van der Waals surface area (Å²) < 4.78 is 7.30. The second-order valence-electron chi connectivity index (χ2n) is 9.13. The molecule has 1 aliphatic rings. The Morgan fingerprint density at radius 1 is 0.862 bits per heavy atom. The zero-order valence-corrected chi connectivity index (χ0v) is 19.5. The summed E-state index contributed by atoms with van der Waals surface area (Å²) in [6, 6.07) is 22.0. The van der Waals surface area contributed by atoms with E-state index in [9.17, 15) is 0 Å². The van der Waals surface area contributed by atoms with Crippen LogP contribution in [0.3, 0.4) is 0 Å². The molecule has 0 unspecified atom stereocenters. The molecule has 1 heterocycles. The van der Waals surface area contributed by atoms with Crippen LogP contribution in [0.2, 0.25) is 5.04 Å². The number of rotatable bonds is 5. The van der Waals surface area contributed by atoms with Gasteiger partial charge in [0.1, 0.15) is 0 Å². The number of thiazole rings is 1. The van der Waals surface area contributed by atoms with Gasteiger partial charge >= 0.3 is 0 Å². The fourth-order valence-electron chi connectivity index (χ4n) is 4.81. The highest BCUT2D eigenvalue weighted by Gasteiger charge is 2.51. The summed E-state index contributed by atoms with van der Waals surface area (Å²) in [4.78, 5) is 4.56. The van der Waals surface area contributed by atoms with E-state index in [4.69, 9.17) is 4.43 Å². The van der Waals surface area contributed by atoms with Crippen molar-refractivity contribution in [1.82, 2.24) is 4.98 Å². The normalized spacial score (nSPS) is 20.5. The van der Waals surface area contributed by atoms with Crippen molar-refractivity contribution in [3.63, 3.8) is 0 Å². The van der Waals surface area contributed by atoms with Crippen LogP contribution in [0.1, 0.15) is 57.4 Å². The van der Waals surface area contributed by atoms with Crippen molar-refractivity contribution in [2.75, 3.05) is 0 Å². The van der Waals surface area contributed by atoms with Crippen molar-refractivity contribution in [1.29, 1.82) is 0 Å². The maximum atomic E-state index is 7.30. The molecule has 1 aromatic heterocycles. The fraction of sp³-hybridized carbons (Fsp3) is 0.400. The lowest BCUT2D eigenvalue weighted by molar-refractivity contribution is 0.135. The average Bonchev–Trinajstić information content (AvgIpc) is 3.28. The molecule has 0 aliphatic heterocycles. The monoisotopic (exact) mass is 421 g/mol. The third-order valence-corrected chi connectivity index (χ3v) is 12.3. The van der Waals surface area contributed by atoms with Gasteiger partial charge in [0, 0.05) is 23.6 Å². The third kappa shape index (κ3) is 4.11. The quantitative estimate of drug-likeness (QED) is 0.490. The lowest BCUT2D eigenvalue weighted by atomic mass is 9.88. The van der Waals surface area contributed by atoms with Gasteiger partial charge in [-0.25, -0.2) is 4.98 Å². The Kier molecular flexibility index (Phi) is 6.05. The maximum absolute atomic E-state index is 7.30. The van der Waals surface area contributed by atoms with Crippen molar-refractivity contribution in [2.24, 2.45) is 0 Å². The van der Waals surface area contributed by atoms with Gasteiger partial charge in [-0.05, 0) is 41.1 Å². The van der Waals surface area contributed by atoms with E-state index in [-0.39, 0.29) is 5.04 Å². The first-order valence-electron chi connectivity index (χ1n) is 10.7. The first kappa shape index (κ1) is 20.5. The van der Waals surface area contributed by atoms with E-state index >= 15 is 0 Å². The van der Waals surface area contributed by atoms with Crippen molar-refractivity contribution in [3.05, 3.63) is 77.2 Å². The first-order valence-corrected chi connectivity index (χ1v) is 13.5. The molecule has 2 nitrogen and oxygen atoms in total. The molecule has 0 amide bonds. The molecule has 0 saturated heterocycles. The number of nitrogens with zero attached hydrogens (tertiary/aromatic N) is 1. The van der Waals surface area contributed by atoms with E-state index in [0.717, 1.165) is 12.8 Å². The fourth-order valence-corrected chi connectivity index (χ4v) is 10.4. The highest BCUT2D eigenvalue weighted by atomic mass is 32.1. The van der Waals surface area contributed by atoms with E-state index in [1.165, 1.54) is 28.2 Å². The summed E-state index contributed by atoms with van der Waals surface area (Å²) in [5, 5.41) is 6.19. The Labute approximate surface area is 180 Å². The maximum Gasteiger partial charge on any atom is 0.261 e. The first-order chi connectivity index (χ1) is 14.0. The van der Waals surface area contributed by atoms with Crippen molar-refractivity contribution in [3.8, 4) is 0 Å². The van der Waals surface area contributed by atoms with Crippen LogP contribution in [0.15, 0.2) is 72.2 Å². The van der Waals surface area contributed by atoms with Crippen LogP contribution in [0.5, 0.6) is 0 Å². The molecular weight excluding hydrogens is 390 g/mol. The Balaban J connectivity index is 1.66. The van der Waals surface area contributed by atoms with Crippen LogP contribution in [-0.2, 0) is 4.43 Å². The minimum Gasteiger partial charge on any atom is -0.404 e. The van der Waals surface area contributed by atoms with Gasteiger partial charge in [-0.1, -0.05) is 81.4 Å². The summed E-state index contributed by atoms with van der Waals surface area (Å²) in [5.41, 5.74) is 0. The molecule has 1 saturated carbocycles. The topological polar surface area (TPSA) is 22.1 Å². The Morgan fingerprint density at radius 3 is 1.86 bits per heavy atom. The summed E-state index contributed by atoms with van der Waals surface area (Å²) in [6.45, 7) is 7.08. The molecule has 29 heavy (non-hydrogen) atoms. The minimum atomic E-state index is -2.44. The highest BCUT2D eigenvalue weighted by molar-refractivity contribution is 7.09. The molecule has 1 fully saturated rings. The summed E-state index contributed by atoms with van der Waals surface area (Å²) >= 11 is 1.80. The smallest absolute Gasteiger partial charge is 0.261 e. The van der Waals surface area contributed by atoms with Gasteiger partial charge in [-0.2, -0.15) is 0 Å². The van der Waals surface area contributed by atoms with Crippen LogP contribution in [-0.4, -0.2) is 19.4 Å². The zero-order valence-electron chi connectivity index (χ0n) is 17.7. The molecule has 4 rings (SSSR count). The van der Waals surface area contributed by atoms with E-state index in [0.29, 0.717) is 12.0 Å². The van der Waals surface area contributed by atoms with Crippen LogP contribution < -0.4 is 10.4 Å². The number of hydrogen-bond acceptors (Lipinski definition) is 3. The van der Waals surface area contributed by atoms with Crippen molar-refractivity contribution in [2.45, 2.75) is 63.5 Å². The summed E-state index contributed by atoms with van der Waals surface area (Å²) in [6.07, 6.45) is 6.85. The largest absolute Gasteiger partial charge is 0.404 e. The van der Waals surface area contributed by atoms with Crippen molar-refractivity contribution >= 4 is 30.0 Å². The van der Waals surface area contributed by atoms with Gasteiger partial charge in [0.25, 0.3) is 8.32 Å². The van der Waals surface area contributed by atoms with Gasteiger partial charge in [0.15, 0.2) is 0 Å². The van der Waals surface area contributed by atoms with Crippen LogP contribution >= 0.6 is 11.3 Å². The predicted molar refractivity (Wildman–Crippen MR) is 126 cm³/mol. The molecule has 0 N–H and O–H groups in total. The second kappa shape index (κ2) is 8.55. The molecule has 3 aromatic rings. The standard InChI is InChI=1S/C25H31NOSSi/c1-25(2,3)29(22-10-6-4-7-11-22,23-12-8-5-9-13-23)27-21-16-14-20(15-17-21)24-26-18-19-28-24/h4-13,18-21H,14-17H2,1-3H3/t20-,21-. The summed E-state index contributed by atoms with van der Waals surface area (Å²) in [5.74, 6) is 0.606. The van der Waals surface area contributed by atoms with Gasteiger partial charge < -0.3 is 4.43 Å². The van der Waals surface area contributed by atoms with Gasteiger partial charge in [0.05, 0.1) is 5.01 Å². The number of benzene rings is 2. The average molecular weight is 422 g/mol. The second-order valence-corrected chi connectivity index (χ2v) is 14.3. The third-order valence-electron chi connectivity index (χ3n) is 6.24. The van der Waals surface area contributed by atoms with Crippen LogP contribution in [0, 0.1) is 0 Å². The number of aromatic nitrogens is 1. The molecule has 0 atom stereocenters. The van der Waals surface area contributed by atoms with Gasteiger partial charge in [0.2, 0.25) is 0 Å². The number of hydrogen-bond donors (Lipinski definition) is 0. The molecular formula is C25H31NOSSi. The lowest BCUT2D eigenvalue weighted by Gasteiger charge is -2.46. The van der Waals surface area contributed by atoms with Gasteiger partial charge in [-0.3, -0.25) is 0 Å². The molecule has 0 radical (unpaired) electrons. The molecule has 0 spiro atoms. The van der Waals surface area contributed by atoms with Crippen LogP contribution in [0.25, 0.3) is 0 Å². The van der Waals surface area contributed by atoms with E-state index in [1.54, 1.807) is 11.3 Å². The van der Waals surface area contributed by atoms with Crippen LogP contribution in [0.4, 0.5) is 0 Å². The highest BCUT2D eigenvalue weighted by Crippen LogP contribution is 2.41. The molecule has 2 aromatic carbocycles. The zero-order chi connectivity index (χ0) is 20.3.